The first-order valence-corrected chi connectivity index (χ1v) is 8.81. The van der Waals surface area contributed by atoms with E-state index in [4.69, 9.17) is 9.47 Å². The van der Waals surface area contributed by atoms with Crippen molar-refractivity contribution < 1.29 is 19.1 Å². The van der Waals surface area contributed by atoms with Gasteiger partial charge >= 0.3 is 11.9 Å². The molecule has 0 aromatic carbocycles. The molecule has 0 aromatic heterocycles. The molecule has 7 heteroatoms. The van der Waals surface area contributed by atoms with Gasteiger partial charge in [0.05, 0.1) is 25.4 Å². The van der Waals surface area contributed by atoms with Crippen molar-refractivity contribution in [2.24, 2.45) is 16.2 Å². The van der Waals surface area contributed by atoms with E-state index in [9.17, 15) is 20.1 Å². The number of nitriles is 2. The fourth-order valence-corrected chi connectivity index (χ4v) is 4.58. The molecule has 1 fully saturated rings. The van der Waals surface area contributed by atoms with E-state index in [-0.39, 0.29) is 18.5 Å². The Morgan fingerprint density at radius 3 is 1.70 bits per heavy atom. The van der Waals surface area contributed by atoms with Crippen molar-refractivity contribution in [3.8, 4) is 12.1 Å². The van der Waals surface area contributed by atoms with Crippen LogP contribution in [0.2, 0.25) is 0 Å². The maximum atomic E-state index is 12.6. The van der Waals surface area contributed by atoms with E-state index in [1.807, 2.05) is 19.1 Å². The number of halogens is 1. The summed E-state index contributed by atoms with van der Waals surface area (Å²) in [6.45, 7) is 5.33. The van der Waals surface area contributed by atoms with E-state index in [1.54, 1.807) is 13.8 Å². The molecule has 1 aliphatic carbocycles. The van der Waals surface area contributed by atoms with Gasteiger partial charge in [-0.2, -0.15) is 10.5 Å². The maximum Gasteiger partial charge on any atom is 0.329 e. The average molecular weight is 385 g/mol. The summed E-state index contributed by atoms with van der Waals surface area (Å²) in [5.41, 5.74) is -4.82. The fraction of sp³-hybridized carbons (Fsp3) is 0.750. The van der Waals surface area contributed by atoms with Gasteiger partial charge in [-0.05, 0) is 20.3 Å². The summed E-state index contributed by atoms with van der Waals surface area (Å²) in [6.07, 6.45) is 1.87. The van der Waals surface area contributed by atoms with Gasteiger partial charge in [0, 0.05) is 10.7 Å². The molecular formula is C16H21BrN2O4. The van der Waals surface area contributed by atoms with Crippen molar-refractivity contribution >= 4 is 27.9 Å². The van der Waals surface area contributed by atoms with Gasteiger partial charge in [0.1, 0.15) is 0 Å². The second-order valence-corrected chi connectivity index (χ2v) is 6.04. The van der Waals surface area contributed by atoms with Gasteiger partial charge in [-0.1, -0.05) is 35.7 Å². The summed E-state index contributed by atoms with van der Waals surface area (Å²) in [5, 5.41) is 19.7. The lowest BCUT2D eigenvalue weighted by Gasteiger charge is -2.16. The Kier molecular flexibility index (Phi) is 6.18. The van der Waals surface area contributed by atoms with Crippen molar-refractivity contribution in [2.75, 3.05) is 18.5 Å². The van der Waals surface area contributed by atoms with Gasteiger partial charge in [-0.25, -0.2) is 0 Å². The Hall–Kier alpha value is -1.60. The normalized spacial score (nSPS) is 31.6. The van der Waals surface area contributed by atoms with E-state index >= 15 is 0 Å². The third kappa shape index (κ3) is 2.25. The van der Waals surface area contributed by atoms with Crippen LogP contribution < -0.4 is 0 Å². The Balaban J connectivity index is 3.54. The van der Waals surface area contributed by atoms with Crippen molar-refractivity contribution in [1.29, 1.82) is 10.5 Å². The summed E-state index contributed by atoms with van der Waals surface area (Å²) < 4.78 is 10.1. The zero-order valence-corrected chi connectivity index (χ0v) is 15.2. The average Bonchev–Trinajstić information content (AvgIpc) is 3.11. The van der Waals surface area contributed by atoms with Gasteiger partial charge in [-0.3, -0.25) is 9.59 Å². The van der Waals surface area contributed by atoms with Crippen LogP contribution in [0.25, 0.3) is 0 Å². The number of unbranched alkanes of at least 4 members (excludes halogenated alkanes) is 1. The highest BCUT2D eigenvalue weighted by molar-refractivity contribution is 9.09. The molecule has 0 aromatic rings. The number of hydrogen-bond donors (Lipinski definition) is 0. The Morgan fingerprint density at radius 2 is 1.43 bits per heavy atom. The smallest absolute Gasteiger partial charge is 0.329 e. The van der Waals surface area contributed by atoms with Crippen molar-refractivity contribution in [1.82, 2.24) is 0 Å². The second-order valence-electron chi connectivity index (χ2n) is 5.48. The van der Waals surface area contributed by atoms with Crippen LogP contribution in [0.1, 0.15) is 40.0 Å². The lowest BCUT2D eigenvalue weighted by molar-refractivity contribution is -0.155. The van der Waals surface area contributed by atoms with Gasteiger partial charge in [-0.15, -0.1) is 0 Å². The second kappa shape index (κ2) is 7.31. The van der Waals surface area contributed by atoms with Gasteiger partial charge in [0.15, 0.2) is 10.8 Å². The Labute approximate surface area is 144 Å². The van der Waals surface area contributed by atoms with Crippen molar-refractivity contribution in [3.05, 3.63) is 0 Å². The zero-order chi connectivity index (χ0) is 17.7. The quantitative estimate of drug-likeness (QED) is 0.470. The van der Waals surface area contributed by atoms with E-state index in [0.717, 1.165) is 6.42 Å². The minimum absolute atomic E-state index is 0.0682. The molecule has 2 atom stereocenters. The molecule has 0 aliphatic heterocycles. The number of alkyl halides is 1. The number of ether oxygens (including phenoxy) is 2. The van der Waals surface area contributed by atoms with Crippen LogP contribution in [0.5, 0.6) is 0 Å². The number of hydrogen-bond acceptors (Lipinski definition) is 6. The standard InChI is InChI=1S/C16H21BrN2O4/c1-4-7-8-14(9-17)15(10-18,12(20)22-5-2)16(14,11-19)13(21)23-6-3/h4-9H2,1-3H3. The molecule has 126 valence electrons. The van der Waals surface area contributed by atoms with Gasteiger partial charge in [0.2, 0.25) is 0 Å². The van der Waals surface area contributed by atoms with Gasteiger partial charge < -0.3 is 9.47 Å². The molecule has 0 N–H and O–H groups in total. The molecule has 0 heterocycles. The van der Waals surface area contributed by atoms with Crippen LogP contribution in [0.15, 0.2) is 0 Å². The number of carbonyl (C=O) groups excluding carboxylic acids is 2. The minimum Gasteiger partial charge on any atom is -0.465 e. The van der Waals surface area contributed by atoms with Crippen LogP contribution >= 0.6 is 15.9 Å². The predicted molar refractivity (Wildman–Crippen MR) is 85.1 cm³/mol. The molecule has 0 radical (unpaired) electrons. The van der Waals surface area contributed by atoms with Crippen LogP contribution in [0, 0.1) is 38.9 Å². The topological polar surface area (TPSA) is 100 Å². The molecule has 0 amide bonds. The van der Waals surface area contributed by atoms with E-state index in [0.29, 0.717) is 12.8 Å². The SMILES string of the molecule is CCCCC1(CBr)C(C#N)(C(=O)OCC)C1(C#N)C(=O)OCC. The Morgan fingerprint density at radius 1 is 1.00 bits per heavy atom. The lowest BCUT2D eigenvalue weighted by Crippen LogP contribution is -2.30. The molecule has 1 rings (SSSR count). The van der Waals surface area contributed by atoms with Crippen LogP contribution in [0.4, 0.5) is 0 Å². The third-order valence-corrected chi connectivity index (χ3v) is 5.58. The molecule has 6 nitrogen and oxygen atoms in total. The third-order valence-electron chi connectivity index (χ3n) is 4.62. The zero-order valence-electron chi connectivity index (χ0n) is 13.6. The highest BCUT2D eigenvalue weighted by Crippen LogP contribution is 2.81. The highest BCUT2D eigenvalue weighted by Gasteiger charge is 2.96. The first kappa shape index (κ1) is 19.4. The van der Waals surface area contributed by atoms with Crippen molar-refractivity contribution in [3.63, 3.8) is 0 Å². The maximum absolute atomic E-state index is 12.6. The minimum atomic E-state index is -1.84. The number of nitrogens with zero attached hydrogens (tertiary/aromatic N) is 2. The summed E-state index contributed by atoms with van der Waals surface area (Å²) in [4.78, 5) is 25.1. The molecule has 2 unspecified atom stereocenters. The Bertz CT molecular complexity index is 523. The van der Waals surface area contributed by atoms with Crippen LogP contribution in [-0.4, -0.2) is 30.5 Å². The summed E-state index contributed by atoms with van der Waals surface area (Å²) in [7, 11) is 0. The van der Waals surface area contributed by atoms with E-state index in [2.05, 4.69) is 15.9 Å². The summed E-state index contributed by atoms with van der Waals surface area (Å²) in [6, 6.07) is 3.88. The number of carbonyl (C=O) groups is 2. The molecule has 0 saturated heterocycles. The predicted octanol–water partition coefficient (Wildman–Crippen LogP) is 2.72. The first-order chi connectivity index (χ1) is 11.0. The fourth-order valence-electron chi connectivity index (χ4n) is 3.46. The number of rotatable bonds is 8. The summed E-state index contributed by atoms with van der Waals surface area (Å²) >= 11 is 3.32. The molecule has 1 saturated carbocycles. The van der Waals surface area contributed by atoms with Crippen LogP contribution in [0.3, 0.4) is 0 Å². The van der Waals surface area contributed by atoms with E-state index in [1.165, 1.54) is 0 Å². The molecule has 23 heavy (non-hydrogen) atoms. The molecule has 0 spiro atoms. The highest BCUT2D eigenvalue weighted by atomic mass is 79.9. The largest absolute Gasteiger partial charge is 0.465 e. The van der Waals surface area contributed by atoms with E-state index < -0.39 is 28.2 Å². The van der Waals surface area contributed by atoms with Gasteiger partial charge in [0.25, 0.3) is 0 Å². The number of esters is 2. The monoisotopic (exact) mass is 384 g/mol. The lowest BCUT2D eigenvalue weighted by atomic mass is 9.89. The summed E-state index contributed by atoms with van der Waals surface area (Å²) in [5.74, 6) is -1.65. The molecular weight excluding hydrogens is 364 g/mol. The van der Waals surface area contributed by atoms with Crippen molar-refractivity contribution in [2.45, 2.75) is 40.0 Å². The molecule has 0 bridgehead atoms. The first-order valence-electron chi connectivity index (χ1n) is 7.69. The van der Waals surface area contributed by atoms with Crippen LogP contribution in [-0.2, 0) is 19.1 Å². The molecule has 1 aliphatic rings.